The molecule has 0 bridgehead atoms. The number of nitrogens with zero attached hydrogens (tertiary/aromatic N) is 4. The highest BCUT2D eigenvalue weighted by Crippen LogP contribution is 2.61. The second-order valence-corrected chi connectivity index (χ2v) is 11.2. The van der Waals surface area contributed by atoms with Gasteiger partial charge in [-0.2, -0.15) is 17.0 Å². The fraction of sp³-hybridized carbons (Fsp3) is 0.778. The molecule has 1 aromatic heterocycles. The average Bonchev–Trinajstić information content (AvgIpc) is 3.30. The number of thiazole rings is 1. The van der Waals surface area contributed by atoms with Gasteiger partial charge >= 0.3 is 0 Å². The molecule has 1 unspecified atom stereocenters. The molecule has 1 spiro atoms. The smallest absolute Gasteiger partial charge is 0.281 e. The van der Waals surface area contributed by atoms with Crippen LogP contribution in [0.2, 0.25) is 0 Å². The molecule has 1 aromatic rings. The summed E-state index contributed by atoms with van der Waals surface area (Å²) in [6, 6.07) is 0.242. The molecule has 2 aliphatic heterocycles. The number of carbonyl (C=O) groups excluding carboxylic acids is 1. The number of hydrogen-bond acceptors (Lipinski definition) is 5. The van der Waals surface area contributed by atoms with Crippen molar-refractivity contribution >= 4 is 27.5 Å². The standard InChI is InChI=1S/C18H28N4O3S2/c1-13-15(26-12-19-13)16-18(8-4-5-9-18)17(23)22(16)14-6-10-21(11-7-14)27(24,25)20(2)3/h12,14,16H,4-11H2,1-3H3. The van der Waals surface area contributed by atoms with Gasteiger partial charge in [0.1, 0.15) is 0 Å². The maximum absolute atomic E-state index is 13.3. The first-order valence-electron chi connectivity index (χ1n) is 9.69. The number of rotatable bonds is 4. The zero-order valence-electron chi connectivity index (χ0n) is 16.2. The Balaban J connectivity index is 1.55. The Hall–Kier alpha value is -1.03. The lowest BCUT2D eigenvalue weighted by molar-refractivity contribution is -0.180. The van der Waals surface area contributed by atoms with Crippen LogP contribution in [0.1, 0.15) is 55.1 Å². The van der Waals surface area contributed by atoms with Gasteiger partial charge in [0.25, 0.3) is 10.2 Å². The highest BCUT2D eigenvalue weighted by molar-refractivity contribution is 7.86. The minimum absolute atomic E-state index is 0.115. The van der Waals surface area contributed by atoms with E-state index in [2.05, 4.69) is 9.88 Å². The first-order valence-corrected chi connectivity index (χ1v) is 12.0. The normalized spacial score (nSPS) is 26.9. The Morgan fingerprint density at radius 3 is 2.37 bits per heavy atom. The lowest BCUT2D eigenvalue weighted by Crippen LogP contribution is -2.66. The molecule has 7 nitrogen and oxygen atoms in total. The molecule has 1 amide bonds. The molecular formula is C18H28N4O3S2. The van der Waals surface area contributed by atoms with Crippen molar-refractivity contribution in [2.45, 2.75) is 57.5 Å². The Bertz CT molecular complexity index is 821. The van der Waals surface area contributed by atoms with E-state index in [0.717, 1.165) is 31.4 Å². The van der Waals surface area contributed by atoms with E-state index in [1.165, 1.54) is 13.5 Å². The number of hydrogen-bond donors (Lipinski definition) is 0. The van der Waals surface area contributed by atoms with Crippen LogP contribution in [0.5, 0.6) is 0 Å². The molecule has 3 aliphatic rings. The van der Waals surface area contributed by atoms with Crippen LogP contribution in [0.15, 0.2) is 5.51 Å². The number of likely N-dealkylation sites (tertiary alicyclic amines) is 1. The maximum Gasteiger partial charge on any atom is 0.281 e. The lowest BCUT2D eigenvalue weighted by Gasteiger charge is -2.58. The van der Waals surface area contributed by atoms with Crippen molar-refractivity contribution in [2.75, 3.05) is 27.2 Å². The summed E-state index contributed by atoms with van der Waals surface area (Å²) in [5, 5.41) is 0. The summed E-state index contributed by atoms with van der Waals surface area (Å²) in [6.45, 7) is 2.97. The summed E-state index contributed by atoms with van der Waals surface area (Å²) in [5.41, 5.74) is 2.67. The molecule has 0 N–H and O–H groups in total. The molecule has 4 rings (SSSR count). The molecule has 1 aliphatic carbocycles. The van der Waals surface area contributed by atoms with Gasteiger partial charge in [0, 0.05) is 33.2 Å². The third kappa shape index (κ3) is 2.85. The van der Waals surface area contributed by atoms with Crippen molar-refractivity contribution in [3.8, 4) is 0 Å². The second kappa shape index (κ2) is 6.79. The van der Waals surface area contributed by atoms with Crippen LogP contribution in [0.4, 0.5) is 0 Å². The number of aryl methyl sites for hydroxylation is 1. The second-order valence-electron chi connectivity index (χ2n) is 8.20. The van der Waals surface area contributed by atoms with Crippen LogP contribution in [-0.2, 0) is 15.0 Å². The summed E-state index contributed by atoms with van der Waals surface area (Å²) in [5.74, 6) is 0.284. The van der Waals surface area contributed by atoms with E-state index in [1.807, 2.05) is 12.4 Å². The Labute approximate surface area is 165 Å². The molecule has 2 saturated heterocycles. The Morgan fingerprint density at radius 1 is 1.22 bits per heavy atom. The summed E-state index contributed by atoms with van der Waals surface area (Å²) in [6.07, 6.45) is 5.57. The van der Waals surface area contributed by atoms with E-state index < -0.39 is 10.2 Å². The SMILES string of the molecule is Cc1ncsc1C1N(C2CCN(S(=O)(=O)N(C)C)CC2)C(=O)C12CCCC2. The number of piperidine rings is 1. The number of β-lactam (4-membered cyclic amide) rings is 1. The fourth-order valence-corrected chi connectivity index (χ4v) is 7.24. The minimum Gasteiger partial charge on any atom is -0.330 e. The van der Waals surface area contributed by atoms with E-state index >= 15 is 0 Å². The van der Waals surface area contributed by atoms with Gasteiger partial charge in [-0.1, -0.05) is 12.8 Å². The molecule has 1 atom stereocenters. The van der Waals surface area contributed by atoms with Crippen molar-refractivity contribution in [1.82, 2.24) is 18.5 Å². The molecule has 0 aromatic carbocycles. The molecule has 3 heterocycles. The molecule has 150 valence electrons. The summed E-state index contributed by atoms with van der Waals surface area (Å²) in [4.78, 5) is 21.0. The van der Waals surface area contributed by atoms with Gasteiger partial charge in [-0.3, -0.25) is 4.79 Å². The van der Waals surface area contributed by atoms with Crippen LogP contribution >= 0.6 is 11.3 Å². The third-order valence-electron chi connectivity index (χ3n) is 6.59. The lowest BCUT2D eigenvalue weighted by atomic mass is 9.67. The van der Waals surface area contributed by atoms with E-state index in [0.29, 0.717) is 25.9 Å². The van der Waals surface area contributed by atoms with Gasteiger partial charge in [-0.15, -0.1) is 11.3 Å². The van der Waals surface area contributed by atoms with Gasteiger partial charge in [-0.25, -0.2) is 4.98 Å². The molecule has 3 fully saturated rings. The first kappa shape index (κ1) is 19.3. The average molecular weight is 413 g/mol. The fourth-order valence-electron chi connectivity index (χ4n) is 5.09. The minimum atomic E-state index is -3.38. The van der Waals surface area contributed by atoms with Crippen LogP contribution in [-0.4, -0.2) is 66.0 Å². The van der Waals surface area contributed by atoms with Crippen molar-refractivity contribution in [2.24, 2.45) is 5.41 Å². The summed E-state index contributed by atoms with van der Waals surface area (Å²) >= 11 is 1.65. The zero-order valence-corrected chi connectivity index (χ0v) is 17.9. The van der Waals surface area contributed by atoms with Gasteiger partial charge < -0.3 is 4.90 Å². The molecule has 1 saturated carbocycles. The van der Waals surface area contributed by atoms with E-state index in [4.69, 9.17) is 0 Å². The number of carbonyl (C=O) groups is 1. The summed E-state index contributed by atoms with van der Waals surface area (Å²) in [7, 11) is -0.257. The first-order chi connectivity index (χ1) is 12.8. The quantitative estimate of drug-likeness (QED) is 0.711. The predicted molar refractivity (Wildman–Crippen MR) is 105 cm³/mol. The highest BCUT2D eigenvalue weighted by Gasteiger charge is 2.64. The van der Waals surface area contributed by atoms with Crippen molar-refractivity contribution in [1.29, 1.82) is 0 Å². The molecular weight excluding hydrogens is 384 g/mol. The number of aromatic nitrogens is 1. The van der Waals surface area contributed by atoms with E-state index in [9.17, 15) is 13.2 Å². The van der Waals surface area contributed by atoms with Crippen molar-refractivity contribution in [3.05, 3.63) is 16.1 Å². The van der Waals surface area contributed by atoms with Gasteiger partial charge in [0.15, 0.2) is 0 Å². The largest absolute Gasteiger partial charge is 0.330 e. The molecule has 9 heteroatoms. The Kier molecular flexibility index (Phi) is 4.85. The zero-order chi connectivity index (χ0) is 19.4. The summed E-state index contributed by atoms with van der Waals surface area (Å²) < 4.78 is 27.5. The van der Waals surface area contributed by atoms with Crippen molar-refractivity contribution < 1.29 is 13.2 Å². The van der Waals surface area contributed by atoms with Crippen LogP contribution in [0.25, 0.3) is 0 Å². The van der Waals surface area contributed by atoms with Crippen LogP contribution < -0.4 is 0 Å². The third-order valence-corrected chi connectivity index (χ3v) is 9.52. The van der Waals surface area contributed by atoms with Gasteiger partial charge in [0.05, 0.1) is 27.5 Å². The molecule has 27 heavy (non-hydrogen) atoms. The van der Waals surface area contributed by atoms with E-state index in [-0.39, 0.29) is 23.4 Å². The van der Waals surface area contributed by atoms with Gasteiger partial charge in [-0.05, 0) is 32.6 Å². The van der Waals surface area contributed by atoms with Gasteiger partial charge in [0.2, 0.25) is 5.91 Å². The molecule has 0 radical (unpaired) electrons. The topological polar surface area (TPSA) is 73.8 Å². The predicted octanol–water partition coefficient (Wildman–Crippen LogP) is 2.17. The van der Waals surface area contributed by atoms with Crippen LogP contribution in [0, 0.1) is 12.3 Å². The Morgan fingerprint density at radius 2 is 1.85 bits per heavy atom. The van der Waals surface area contributed by atoms with Crippen molar-refractivity contribution in [3.63, 3.8) is 0 Å². The highest BCUT2D eigenvalue weighted by atomic mass is 32.2. The monoisotopic (exact) mass is 412 g/mol. The van der Waals surface area contributed by atoms with E-state index in [1.54, 1.807) is 25.4 Å². The number of amides is 1. The van der Waals surface area contributed by atoms with Crippen LogP contribution in [0.3, 0.4) is 0 Å². The maximum atomic E-state index is 13.3.